The van der Waals surface area contributed by atoms with Crippen molar-refractivity contribution in [3.63, 3.8) is 0 Å². The van der Waals surface area contributed by atoms with Crippen molar-refractivity contribution in [3.8, 4) is 16.9 Å². The predicted octanol–water partition coefficient (Wildman–Crippen LogP) is 9.71. The molecule has 46 heavy (non-hydrogen) atoms. The minimum Gasteiger partial charge on any atom is -0.508 e. The number of aryl methyl sites for hydroxylation is 2. The first-order valence-electron chi connectivity index (χ1n) is 17.5. The van der Waals surface area contributed by atoms with Gasteiger partial charge in [0.05, 0.1) is 5.56 Å². The monoisotopic (exact) mass is 629 g/mol. The summed E-state index contributed by atoms with van der Waals surface area (Å²) < 4.78 is 48.3. The third-order valence-electron chi connectivity index (χ3n) is 11.3. The molecule has 0 aliphatic carbocycles. The van der Waals surface area contributed by atoms with Crippen LogP contribution < -0.4 is 4.90 Å². The number of halogens is 3. The number of pyridine rings is 1. The number of benzene rings is 3. The molecular formula is C39H46F3N3O. The maximum atomic E-state index is 17.0. The fraction of sp³-hybridized carbons (Fsp3) is 0.513. The van der Waals surface area contributed by atoms with Crippen molar-refractivity contribution < 1.29 is 18.3 Å². The Labute approximate surface area is 270 Å². The zero-order valence-corrected chi connectivity index (χ0v) is 27.4. The van der Waals surface area contributed by atoms with Gasteiger partial charge in [-0.1, -0.05) is 33.3 Å². The lowest BCUT2D eigenvalue weighted by atomic mass is 9.87. The van der Waals surface area contributed by atoms with Crippen LogP contribution in [0.2, 0.25) is 0 Å². The molecule has 1 aromatic heterocycles. The number of piperidine rings is 1. The number of rotatable bonds is 8. The molecule has 3 aliphatic rings. The molecule has 3 fully saturated rings. The second-order valence-electron chi connectivity index (χ2n) is 14.2. The molecule has 0 amide bonds. The average molecular weight is 630 g/mol. The normalized spacial score (nSPS) is 23.6. The van der Waals surface area contributed by atoms with Gasteiger partial charge in [0.15, 0.2) is 5.82 Å². The van der Waals surface area contributed by atoms with E-state index in [-0.39, 0.29) is 27.9 Å². The van der Waals surface area contributed by atoms with E-state index in [1.807, 2.05) is 6.92 Å². The first-order chi connectivity index (χ1) is 22.2. The summed E-state index contributed by atoms with van der Waals surface area (Å²) >= 11 is 0. The lowest BCUT2D eigenvalue weighted by Gasteiger charge is -2.36. The largest absolute Gasteiger partial charge is 0.508 e. The molecule has 4 heterocycles. The number of hydrogen-bond acceptors (Lipinski definition) is 4. The summed E-state index contributed by atoms with van der Waals surface area (Å²) in [4.78, 5) is 9.98. The van der Waals surface area contributed by atoms with Crippen LogP contribution in [-0.4, -0.2) is 46.2 Å². The molecule has 3 unspecified atom stereocenters. The first kappa shape index (κ1) is 31.3. The van der Waals surface area contributed by atoms with E-state index in [0.29, 0.717) is 40.1 Å². The molecule has 4 nitrogen and oxygen atoms in total. The van der Waals surface area contributed by atoms with E-state index < -0.39 is 17.5 Å². The molecule has 4 aromatic rings. The number of nitrogens with zero attached hydrogens (tertiary/aromatic N) is 3. The van der Waals surface area contributed by atoms with Gasteiger partial charge in [-0.2, -0.15) is 0 Å². The van der Waals surface area contributed by atoms with Gasteiger partial charge in [-0.25, -0.2) is 18.2 Å². The Balaban J connectivity index is 1.37. The Morgan fingerprint density at radius 1 is 0.978 bits per heavy atom. The Morgan fingerprint density at radius 3 is 2.61 bits per heavy atom. The molecular weight excluding hydrogens is 583 g/mol. The van der Waals surface area contributed by atoms with Gasteiger partial charge in [0.2, 0.25) is 0 Å². The van der Waals surface area contributed by atoms with Crippen molar-refractivity contribution in [2.24, 2.45) is 5.92 Å². The van der Waals surface area contributed by atoms with Crippen LogP contribution in [0.4, 0.5) is 18.9 Å². The standard InChI is InChI=1S/C39H46F3N3O/c1-4-8-27-13-16-39(14-7-18-45(27)39)15-12-26-20-34(44-17-6-9-24(3)23-44)30-22-33(41)36(37(42)38(30)43-26)31-21-28(46)19-25-10-11-32(40)29(5-2)35(25)31/h10-11,19-22,24,27,46H,4-9,12-18,23H2,1-3H3. The lowest BCUT2D eigenvalue weighted by molar-refractivity contribution is 0.135. The van der Waals surface area contributed by atoms with E-state index in [1.54, 1.807) is 6.07 Å². The van der Waals surface area contributed by atoms with Crippen LogP contribution in [0, 0.1) is 23.4 Å². The number of aromatic nitrogens is 1. The topological polar surface area (TPSA) is 39.6 Å². The van der Waals surface area contributed by atoms with Crippen molar-refractivity contribution in [2.75, 3.05) is 24.5 Å². The van der Waals surface area contributed by atoms with Crippen LogP contribution in [0.15, 0.2) is 36.4 Å². The summed E-state index contributed by atoms with van der Waals surface area (Å²) in [6.07, 6.45) is 11.5. The van der Waals surface area contributed by atoms with E-state index in [2.05, 4.69) is 29.7 Å². The first-order valence-corrected chi connectivity index (χ1v) is 17.5. The number of phenolic OH excluding ortho intramolecular Hbond substituents is 1. The Bertz CT molecular complexity index is 1790. The van der Waals surface area contributed by atoms with Gasteiger partial charge in [0.25, 0.3) is 0 Å². The zero-order chi connectivity index (χ0) is 32.2. The fourth-order valence-corrected chi connectivity index (χ4v) is 9.19. The van der Waals surface area contributed by atoms with Gasteiger partial charge in [0.1, 0.15) is 22.9 Å². The van der Waals surface area contributed by atoms with Crippen LogP contribution in [-0.2, 0) is 12.8 Å². The number of aromatic hydroxyl groups is 1. The van der Waals surface area contributed by atoms with Gasteiger partial charge < -0.3 is 10.0 Å². The molecule has 0 bridgehead atoms. The zero-order valence-electron chi connectivity index (χ0n) is 27.4. The van der Waals surface area contributed by atoms with Gasteiger partial charge in [0, 0.05) is 41.4 Å². The van der Waals surface area contributed by atoms with Crippen LogP contribution in [0.25, 0.3) is 32.8 Å². The minimum absolute atomic E-state index is 0.127. The number of fused-ring (bicyclic) bond motifs is 3. The molecule has 3 atom stereocenters. The predicted molar refractivity (Wildman–Crippen MR) is 181 cm³/mol. The Kier molecular flexibility index (Phi) is 8.41. The smallest absolute Gasteiger partial charge is 0.160 e. The van der Waals surface area contributed by atoms with Crippen molar-refractivity contribution in [1.82, 2.24) is 9.88 Å². The summed E-state index contributed by atoms with van der Waals surface area (Å²) in [6.45, 7) is 9.14. The second kappa shape index (κ2) is 12.4. The highest BCUT2D eigenvalue weighted by atomic mass is 19.1. The maximum absolute atomic E-state index is 17.0. The lowest BCUT2D eigenvalue weighted by Crippen LogP contribution is -2.42. The summed E-state index contributed by atoms with van der Waals surface area (Å²) in [5.41, 5.74) is 2.25. The van der Waals surface area contributed by atoms with E-state index in [4.69, 9.17) is 4.98 Å². The summed E-state index contributed by atoms with van der Waals surface area (Å²) in [5, 5.41) is 12.0. The highest BCUT2D eigenvalue weighted by Gasteiger charge is 2.48. The highest BCUT2D eigenvalue weighted by Crippen LogP contribution is 2.47. The van der Waals surface area contributed by atoms with Crippen molar-refractivity contribution in [3.05, 3.63) is 65.1 Å². The molecule has 0 radical (unpaired) electrons. The van der Waals surface area contributed by atoms with Crippen LogP contribution in [0.3, 0.4) is 0 Å². The van der Waals surface area contributed by atoms with Gasteiger partial charge in [-0.05, 0) is 129 Å². The molecule has 1 N–H and O–H groups in total. The van der Waals surface area contributed by atoms with Crippen molar-refractivity contribution in [1.29, 1.82) is 0 Å². The summed E-state index contributed by atoms with van der Waals surface area (Å²) in [6, 6.07) is 9.91. The molecule has 0 saturated carbocycles. The van der Waals surface area contributed by atoms with Crippen molar-refractivity contribution in [2.45, 2.75) is 103 Å². The Hall–Kier alpha value is -3.32. The third-order valence-corrected chi connectivity index (χ3v) is 11.3. The summed E-state index contributed by atoms with van der Waals surface area (Å²) in [5.74, 6) is -1.57. The SMILES string of the molecule is CCCC1CCC2(CCc3cc(N4CCCC(C)C4)c4cc(F)c(-c5cc(O)cc6ccc(F)c(CC)c56)c(F)c4n3)CCCN12. The van der Waals surface area contributed by atoms with Crippen LogP contribution in [0.5, 0.6) is 5.75 Å². The van der Waals surface area contributed by atoms with E-state index >= 15 is 13.2 Å². The average Bonchev–Trinajstić information content (AvgIpc) is 3.60. The van der Waals surface area contributed by atoms with Gasteiger partial charge in [-0.3, -0.25) is 4.90 Å². The van der Waals surface area contributed by atoms with Crippen LogP contribution in [0.1, 0.15) is 89.8 Å². The molecule has 7 heteroatoms. The second-order valence-corrected chi connectivity index (χ2v) is 14.2. The number of hydrogen-bond donors (Lipinski definition) is 1. The maximum Gasteiger partial charge on any atom is 0.160 e. The molecule has 7 rings (SSSR count). The van der Waals surface area contributed by atoms with E-state index in [1.165, 1.54) is 62.8 Å². The molecule has 3 saturated heterocycles. The van der Waals surface area contributed by atoms with Gasteiger partial charge >= 0.3 is 0 Å². The fourth-order valence-electron chi connectivity index (χ4n) is 9.19. The van der Waals surface area contributed by atoms with E-state index in [0.717, 1.165) is 56.7 Å². The van der Waals surface area contributed by atoms with Crippen molar-refractivity contribution >= 4 is 27.4 Å². The van der Waals surface area contributed by atoms with E-state index in [9.17, 15) is 5.11 Å². The van der Waals surface area contributed by atoms with Crippen LogP contribution >= 0.6 is 0 Å². The molecule has 244 valence electrons. The highest BCUT2D eigenvalue weighted by molar-refractivity contribution is 6.03. The Morgan fingerprint density at radius 2 is 1.83 bits per heavy atom. The number of phenols is 1. The molecule has 3 aromatic carbocycles. The molecule has 0 spiro atoms. The minimum atomic E-state index is -0.758. The quantitative estimate of drug-likeness (QED) is 0.211. The number of anilines is 1. The summed E-state index contributed by atoms with van der Waals surface area (Å²) in [7, 11) is 0. The third kappa shape index (κ3) is 5.32. The van der Waals surface area contributed by atoms with Gasteiger partial charge in [-0.15, -0.1) is 0 Å². The molecule has 3 aliphatic heterocycles.